The molecule has 1 heterocycles. The predicted octanol–water partition coefficient (Wildman–Crippen LogP) is 1.44. The lowest BCUT2D eigenvalue weighted by Crippen LogP contribution is -2.25. The molecule has 6 nitrogen and oxygen atoms in total. The molecule has 0 aliphatic heterocycles. The molecule has 1 amide bonds. The van der Waals surface area contributed by atoms with Crippen molar-refractivity contribution in [2.45, 2.75) is 6.54 Å². The number of aromatic nitrogens is 1. The maximum atomic E-state index is 13.5. The van der Waals surface area contributed by atoms with Crippen LogP contribution in [0.25, 0.3) is 0 Å². The Balaban J connectivity index is 2.10. The number of carbonyl (C=O) groups excluding carboxylic acids is 1. The molecule has 1 aromatic heterocycles. The minimum Gasteiger partial charge on any atom is -0.481 e. The van der Waals surface area contributed by atoms with Crippen LogP contribution in [0.4, 0.5) is 10.1 Å². The number of anilines is 1. The number of hydrogen-bond donors (Lipinski definition) is 3. The predicted molar refractivity (Wildman–Crippen MR) is 76.2 cm³/mol. The topological polar surface area (TPSA) is 89.3 Å². The van der Waals surface area contributed by atoms with Gasteiger partial charge in [-0.3, -0.25) is 10.6 Å². The number of nitrogens with two attached hydrogens (primary N) is 1. The number of pyridine rings is 1. The van der Waals surface area contributed by atoms with Crippen molar-refractivity contribution < 1.29 is 13.9 Å². The highest BCUT2D eigenvalue weighted by molar-refractivity contribution is 5.99. The summed E-state index contributed by atoms with van der Waals surface area (Å²) in [5, 5.41) is 2.68. The normalized spacial score (nSPS) is 10.0. The number of hydrogen-bond acceptors (Lipinski definition) is 5. The lowest BCUT2D eigenvalue weighted by molar-refractivity contribution is 0.0951. The molecule has 0 saturated carbocycles. The number of nitrogens with one attached hydrogen (secondary N) is 2. The molecular formula is C14H15FN4O2. The lowest BCUT2D eigenvalue weighted by atomic mass is 10.1. The molecular weight excluding hydrogens is 275 g/mol. The minimum absolute atomic E-state index is 0.0395. The van der Waals surface area contributed by atoms with Crippen LogP contribution in [0.3, 0.4) is 0 Å². The largest absolute Gasteiger partial charge is 0.481 e. The van der Waals surface area contributed by atoms with Crippen molar-refractivity contribution in [1.82, 2.24) is 10.3 Å². The van der Waals surface area contributed by atoms with Crippen LogP contribution in [0.1, 0.15) is 15.9 Å². The van der Waals surface area contributed by atoms with Gasteiger partial charge >= 0.3 is 0 Å². The average molecular weight is 290 g/mol. The third-order valence-corrected chi connectivity index (χ3v) is 2.86. The molecule has 0 aliphatic carbocycles. The van der Waals surface area contributed by atoms with Crippen LogP contribution in [0.5, 0.6) is 5.88 Å². The van der Waals surface area contributed by atoms with Crippen LogP contribution in [0, 0.1) is 5.82 Å². The number of amides is 1. The Hall–Kier alpha value is -2.67. The highest BCUT2D eigenvalue weighted by Crippen LogP contribution is 2.18. The molecule has 0 radical (unpaired) electrons. The zero-order chi connectivity index (χ0) is 15.2. The van der Waals surface area contributed by atoms with Gasteiger partial charge in [0.25, 0.3) is 5.91 Å². The summed E-state index contributed by atoms with van der Waals surface area (Å²) in [6.45, 7) is 0.262. The number of benzene rings is 1. The summed E-state index contributed by atoms with van der Waals surface area (Å²) in [6.07, 6.45) is 1.58. The van der Waals surface area contributed by atoms with Gasteiger partial charge in [-0.05, 0) is 23.8 Å². The maximum absolute atomic E-state index is 13.5. The van der Waals surface area contributed by atoms with E-state index in [9.17, 15) is 9.18 Å². The summed E-state index contributed by atoms with van der Waals surface area (Å²) < 4.78 is 18.5. The molecule has 21 heavy (non-hydrogen) atoms. The number of para-hydroxylation sites is 1. The van der Waals surface area contributed by atoms with E-state index in [1.54, 1.807) is 18.3 Å². The molecule has 110 valence electrons. The summed E-state index contributed by atoms with van der Waals surface area (Å²) in [6, 6.07) is 7.60. The minimum atomic E-state index is -0.587. The van der Waals surface area contributed by atoms with E-state index in [2.05, 4.69) is 15.7 Å². The fourth-order valence-electron chi connectivity index (χ4n) is 1.81. The molecule has 1 aromatic carbocycles. The fraction of sp³-hybridized carbons (Fsp3) is 0.143. The SMILES string of the molecule is COc1cc(CNC(=O)c2cccc(F)c2NN)ccn1. The molecule has 2 rings (SSSR count). The van der Waals surface area contributed by atoms with E-state index in [0.717, 1.165) is 5.56 Å². The number of rotatable bonds is 5. The van der Waals surface area contributed by atoms with E-state index < -0.39 is 11.7 Å². The molecule has 4 N–H and O–H groups in total. The fourth-order valence-corrected chi connectivity index (χ4v) is 1.81. The molecule has 0 saturated heterocycles. The van der Waals surface area contributed by atoms with Crippen molar-refractivity contribution in [3.05, 3.63) is 53.5 Å². The number of ether oxygens (including phenoxy) is 1. The Morgan fingerprint density at radius 2 is 2.24 bits per heavy atom. The number of halogens is 1. The zero-order valence-corrected chi connectivity index (χ0v) is 11.4. The van der Waals surface area contributed by atoms with E-state index in [1.165, 1.54) is 25.3 Å². The molecule has 0 fully saturated rings. The number of carbonyl (C=O) groups is 1. The average Bonchev–Trinajstić information content (AvgIpc) is 2.52. The summed E-state index contributed by atoms with van der Waals surface area (Å²) in [5.74, 6) is 4.68. The van der Waals surface area contributed by atoms with Gasteiger partial charge in [0.2, 0.25) is 5.88 Å². The number of hydrazine groups is 1. The standard InChI is InChI=1S/C14H15FN4O2/c1-21-12-7-9(5-6-17-12)8-18-14(20)10-3-2-4-11(15)13(10)19-16/h2-7,19H,8,16H2,1H3,(H,18,20). The van der Waals surface area contributed by atoms with Gasteiger partial charge in [-0.2, -0.15) is 0 Å². The van der Waals surface area contributed by atoms with E-state index in [0.29, 0.717) is 5.88 Å². The van der Waals surface area contributed by atoms with E-state index in [-0.39, 0.29) is 17.8 Å². The van der Waals surface area contributed by atoms with Crippen molar-refractivity contribution in [1.29, 1.82) is 0 Å². The summed E-state index contributed by atoms with van der Waals surface area (Å²) in [7, 11) is 1.51. The Morgan fingerprint density at radius 3 is 2.95 bits per heavy atom. The quantitative estimate of drug-likeness (QED) is 0.573. The van der Waals surface area contributed by atoms with Gasteiger partial charge in [0.15, 0.2) is 0 Å². The first kappa shape index (κ1) is 14.7. The summed E-state index contributed by atoms with van der Waals surface area (Å²) in [5.41, 5.74) is 3.11. The second kappa shape index (κ2) is 6.67. The number of nitrogen functional groups attached to an aromatic ring is 1. The van der Waals surface area contributed by atoms with Crippen molar-refractivity contribution in [3.8, 4) is 5.88 Å². The van der Waals surface area contributed by atoms with Gasteiger partial charge < -0.3 is 15.5 Å². The Bertz CT molecular complexity index is 649. The maximum Gasteiger partial charge on any atom is 0.253 e. The first-order valence-corrected chi connectivity index (χ1v) is 6.18. The summed E-state index contributed by atoms with van der Waals surface area (Å²) in [4.78, 5) is 16.1. The Morgan fingerprint density at radius 1 is 1.43 bits per heavy atom. The molecule has 0 atom stereocenters. The Labute approximate surface area is 121 Å². The van der Waals surface area contributed by atoms with Gasteiger partial charge in [0, 0.05) is 18.8 Å². The van der Waals surface area contributed by atoms with Gasteiger partial charge in [0.1, 0.15) is 5.82 Å². The molecule has 0 bridgehead atoms. The van der Waals surface area contributed by atoms with Crippen molar-refractivity contribution in [2.24, 2.45) is 5.84 Å². The van der Waals surface area contributed by atoms with Crippen molar-refractivity contribution in [3.63, 3.8) is 0 Å². The van der Waals surface area contributed by atoms with Crippen LogP contribution in [-0.2, 0) is 6.54 Å². The molecule has 0 spiro atoms. The van der Waals surface area contributed by atoms with Crippen LogP contribution in [0.2, 0.25) is 0 Å². The second-order valence-electron chi connectivity index (χ2n) is 4.20. The van der Waals surface area contributed by atoms with Gasteiger partial charge in [0.05, 0.1) is 18.4 Å². The van der Waals surface area contributed by atoms with Crippen LogP contribution >= 0.6 is 0 Å². The Kier molecular flexibility index (Phi) is 4.68. The highest BCUT2D eigenvalue weighted by Gasteiger charge is 2.14. The lowest BCUT2D eigenvalue weighted by Gasteiger charge is -2.10. The molecule has 0 unspecified atom stereocenters. The van der Waals surface area contributed by atoms with Gasteiger partial charge in [-0.25, -0.2) is 9.37 Å². The first-order valence-electron chi connectivity index (χ1n) is 6.18. The molecule has 7 heteroatoms. The molecule has 0 aliphatic rings. The number of methoxy groups -OCH3 is 1. The molecule has 2 aromatic rings. The highest BCUT2D eigenvalue weighted by atomic mass is 19.1. The van der Waals surface area contributed by atoms with Gasteiger partial charge in [-0.1, -0.05) is 6.07 Å². The first-order chi connectivity index (χ1) is 10.2. The van der Waals surface area contributed by atoms with Gasteiger partial charge in [-0.15, -0.1) is 0 Å². The third-order valence-electron chi connectivity index (χ3n) is 2.86. The van der Waals surface area contributed by atoms with E-state index >= 15 is 0 Å². The number of nitrogens with zero attached hydrogens (tertiary/aromatic N) is 1. The summed E-state index contributed by atoms with van der Waals surface area (Å²) >= 11 is 0. The zero-order valence-electron chi connectivity index (χ0n) is 11.4. The smallest absolute Gasteiger partial charge is 0.253 e. The van der Waals surface area contributed by atoms with Crippen LogP contribution < -0.4 is 21.3 Å². The van der Waals surface area contributed by atoms with Crippen molar-refractivity contribution in [2.75, 3.05) is 12.5 Å². The third kappa shape index (κ3) is 3.46. The van der Waals surface area contributed by atoms with Crippen LogP contribution in [-0.4, -0.2) is 18.0 Å². The van der Waals surface area contributed by atoms with E-state index in [1.807, 2.05) is 0 Å². The van der Waals surface area contributed by atoms with Crippen molar-refractivity contribution >= 4 is 11.6 Å². The van der Waals surface area contributed by atoms with Crippen LogP contribution in [0.15, 0.2) is 36.5 Å². The second-order valence-corrected chi connectivity index (χ2v) is 4.20. The van der Waals surface area contributed by atoms with E-state index in [4.69, 9.17) is 10.6 Å². The monoisotopic (exact) mass is 290 g/mol.